The van der Waals surface area contributed by atoms with Crippen LogP contribution in [0.3, 0.4) is 0 Å². The Hall–Kier alpha value is -3.87. The number of pyridine rings is 1. The fraction of sp³-hybridized carbons (Fsp3) is 0.240. The first-order chi connectivity index (χ1) is 15.6. The number of aryl methyl sites for hydroxylation is 1. The highest BCUT2D eigenvalue weighted by molar-refractivity contribution is 5.81. The molecule has 0 saturated carbocycles. The van der Waals surface area contributed by atoms with Crippen molar-refractivity contribution in [1.29, 1.82) is 0 Å². The molecule has 164 valence electrons. The van der Waals surface area contributed by atoms with Crippen LogP contribution in [0.15, 0.2) is 66.9 Å². The van der Waals surface area contributed by atoms with Crippen LogP contribution in [0.25, 0.3) is 11.1 Å². The quantitative estimate of drug-likeness (QED) is 0.558. The fourth-order valence-corrected chi connectivity index (χ4v) is 4.14. The summed E-state index contributed by atoms with van der Waals surface area (Å²) in [5.41, 5.74) is 5.23. The minimum atomic E-state index is -1.12. The number of aromatic nitrogens is 1. The first-order valence-corrected chi connectivity index (χ1v) is 10.4. The van der Waals surface area contributed by atoms with Gasteiger partial charge in [0.15, 0.2) is 0 Å². The molecule has 32 heavy (non-hydrogen) atoms. The molecule has 0 radical (unpaired) electrons. The molecule has 2 aromatic carbocycles. The summed E-state index contributed by atoms with van der Waals surface area (Å²) < 4.78 is 10.7. The number of aliphatic carboxylic acids is 1. The number of fused-ring (bicyclic) bond motifs is 3. The van der Waals surface area contributed by atoms with Gasteiger partial charge < -0.3 is 19.9 Å². The van der Waals surface area contributed by atoms with Crippen molar-refractivity contribution < 1.29 is 24.2 Å². The molecule has 7 heteroatoms. The minimum Gasteiger partial charge on any atom is -0.481 e. The number of amides is 1. The smallest absolute Gasteiger partial charge is 0.407 e. The predicted molar refractivity (Wildman–Crippen MR) is 119 cm³/mol. The molecule has 2 N–H and O–H groups in total. The molecule has 0 bridgehead atoms. The Bertz CT molecular complexity index is 1090. The molecule has 1 heterocycles. The number of carboxylic acid groups (broad SMARTS) is 1. The Kier molecular flexibility index (Phi) is 6.35. The SMILES string of the molecule is COc1ncccc1CC[C@@H](NC(=O)OCC1c2ccccc2-c2ccccc21)C(=O)O. The van der Waals surface area contributed by atoms with Gasteiger partial charge in [-0.15, -0.1) is 0 Å². The van der Waals surface area contributed by atoms with Crippen molar-refractivity contribution in [2.75, 3.05) is 13.7 Å². The van der Waals surface area contributed by atoms with Crippen LogP contribution in [0.2, 0.25) is 0 Å². The van der Waals surface area contributed by atoms with E-state index in [-0.39, 0.29) is 18.9 Å². The van der Waals surface area contributed by atoms with Gasteiger partial charge in [-0.05, 0) is 41.2 Å². The molecule has 1 atom stereocenters. The van der Waals surface area contributed by atoms with Crippen LogP contribution in [0.1, 0.15) is 29.0 Å². The molecule has 1 aliphatic rings. The lowest BCUT2D eigenvalue weighted by Gasteiger charge is -2.17. The maximum atomic E-state index is 12.4. The second-order valence-corrected chi connectivity index (χ2v) is 7.57. The molecule has 0 unspecified atom stereocenters. The maximum absolute atomic E-state index is 12.4. The van der Waals surface area contributed by atoms with Crippen molar-refractivity contribution >= 4 is 12.1 Å². The second kappa shape index (κ2) is 9.51. The van der Waals surface area contributed by atoms with E-state index in [1.807, 2.05) is 42.5 Å². The van der Waals surface area contributed by atoms with Gasteiger partial charge in [0, 0.05) is 17.7 Å². The third-order valence-electron chi connectivity index (χ3n) is 5.68. The van der Waals surface area contributed by atoms with Gasteiger partial charge in [-0.25, -0.2) is 14.6 Å². The van der Waals surface area contributed by atoms with E-state index in [2.05, 4.69) is 22.4 Å². The molecule has 3 aromatic rings. The number of carbonyl (C=O) groups excluding carboxylic acids is 1. The van der Waals surface area contributed by atoms with Crippen molar-refractivity contribution in [3.8, 4) is 17.0 Å². The van der Waals surface area contributed by atoms with Crippen molar-refractivity contribution in [3.63, 3.8) is 0 Å². The molecule has 1 aliphatic carbocycles. The normalized spacial score (nSPS) is 13.0. The summed E-state index contributed by atoms with van der Waals surface area (Å²) >= 11 is 0. The standard InChI is InChI=1S/C25H24N2O5/c1-31-23-16(7-6-14-26-23)12-13-22(24(28)29)27-25(30)32-15-21-19-10-4-2-8-17(19)18-9-3-5-11-20(18)21/h2-11,14,21-22H,12-13,15H2,1H3,(H,27,30)(H,28,29)/t22-/m1/s1. The third kappa shape index (κ3) is 4.42. The number of nitrogens with zero attached hydrogens (tertiary/aromatic N) is 1. The molecular weight excluding hydrogens is 408 g/mol. The fourth-order valence-electron chi connectivity index (χ4n) is 4.14. The molecule has 0 fully saturated rings. The molecule has 0 spiro atoms. The number of alkyl carbamates (subject to hydrolysis) is 1. The Morgan fingerprint density at radius 1 is 1.03 bits per heavy atom. The van der Waals surface area contributed by atoms with Gasteiger partial charge in [0.1, 0.15) is 12.6 Å². The number of rotatable bonds is 8. The second-order valence-electron chi connectivity index (χ2n) is 7.57. The zero-order valence-corrected chi connectivity index (χ0v) is 17.7. The maximum Gasteiger partial charge on any atom is 0.407 e. The average molecular weight is 432 g/mol. The van der Waals surface area contributed by atoms with Crippen LogP contribution in [0.4, 0.5) is 4.79 Å². The van der Waals surface area contributed by atoms with Crippen LogP contribution < -0.4 is 10.1 Å². The van der Waals surface area contributed by atoms with Gasteiger partial charge in [-0.3, -0.25) is 0 Å². The van der Waals surface area contributed by atoms with Crippen molar-refractivity contribution in [2.45, 2.75) is 24.8 Å². The van der Waals surface area contributed by atoms with E-state index in [0.717, 1.165) is 27.8 Å². The van der Waals surface area contributed by atoms with Crippen LogP contribution in [-0.2, 0) is 16.0 Å². The summed E-state index contributed by atoms with van der Waals surface area (Å²) in [4.78, 5) is 28.2. The highest BCUT2D eigenvalue weighted by Crippen LogP contribution is 2.44. The van der Waals surface area contributed by atoms with Crippen LogP contribution in [0, 0.1) is 0 Å². The lowest BCUT2D eigenvalue weighted by atomic mass is 9.98. The van der Waals surface area contributed by atoms with Gasteiger partial charge in [0.05, 0.1) is 7.11 Å². The summed E-state index contributed by atoms with van der Waals surface area (Å²) in [6.45, 7) is 0.128. The van der Waals surface area contributed by atoms with E-state index >= 15 is 0 Å². The van der Waals surface area contributed by atoms with Gasteiger partial charge in [-0.1, -0.05) is 54.6 Å². The summed E-state index contributed by atoms with van der Waals surface area (Å²) in [5, 5.41) is 12.0. The van der Waals surface area contributed by atoms with Gasteiger partial charge >= 0.3 is 12.1 Å². The lowest BCUT2D eigenvalue weighted by Crippen LogP contribution is -2.41. The number of methoxy groups -OCH3 is 1. The van der Waals surface area contributed by atoms with E-state index in [9.17, 15) is 14.7 Å². The Labute approximate surface area is 186 Å². The molecule has 0 aliphatic heterocycles. The van der Waals surface area contributed by atoms with Gasteiger partial charge in [0.2, 0.25) is 5.88 Å². The zero-order chi connectivity index (χ0) is 22.5. The molecule has 1 amide bonds. The number of benzene rings is 2. The molecule has 7 nitrogen and oxygen atoms in total. The summed E-state index contributed by atoms with van der Waals surface area (Å²) in [7, 11) is 1.51. The van der Waals surface area contributed by atoms with Crippen LogP contribution >= 0.6 is 0 Å². The van der Waals surface area contributed by atoms with Gasteiger partial charge in [0.25, 0.3) is 0 Å². The number of carbonyl (C=O) groups is 2. The average Bonchev–Trinajstić information content (AvgIpc) is 3.14. The minimum absolute atomic E-state index is 0.0870. The van der Waals surface area contributed by atoms with Crippen molar-refractivity contribution in [1.82, 2.24) is 10.3 Å². The van der Waals surface area contributed by atoms with Crippen LogP contribution in [0.5, 0.6) is 5.88 Å². The van der Waals surface area contributed by atoms with E-state index in [1.54, 1.807) is 12.3 Å². The summed E-state index contributed by atoms with van der Waals surface area (Å²) in [6, 6.07) is 18.6. The largest absolute Gasteiger partial charge is 0.481 e. The van der Waals surface area contributed by atoms with Gasteiger partial charge in [-0.2, -0.15) is 0 Å². The lowest BCUT2D eigenvalue weighted by molar-refractivity contribution is -0.139. The van der Waals surface area contributed by atoms with E-state index in [1.165, 1.54) is 7.11 Å². The number of hydrogen-bond acceptors (Lipinski definition) is 5. The number of nitrogens with one attached hydrogen (secondary N) is 1. The third-order valence-corrected chi connectivity index (χ3v) is 5.68. The predicted octanol–water partition coefficient (Wildman–Crippen LogP) is 4.01. The van der Waals surface area contributed by atoms with E-state index < -0.39 is 18.1 Å². The Balaban J connectivity index is 1.39. The highest BCUT2D eigenvalue weighted by Gasteiger charge is 2.29. The summed E-state index contributed by atoms with van der Waals surface area (Å²) in [5.74, 6) is -0.768. The first-order valence-electron chi connectivity index (χ1n) is 10.4. The number of hydrogen-bond donors (Lipinski definition) is 2. The van der Waals surface area contributed by atoms with Crippen LogP contribution in [-0.4, -0.2) is 41.9 Å². The Morgan fingerprint density at radius 3 is 2.31 bits per heavy atom. The number of ether oxygens (including phenoxy) is 2. The summed E-state index contributed by atoms with van der Waals surface area (Å²) in [6.07, 6.45) is 1.42. The molecule has 4 rings (SSSR count). The number of carboxylic acids is 1. The highest BCUT2D eigenvalue weighted by atomic mass is 16.5. The van der Waals surface area contributed by atoms with Crippen molar-refractivity contribution in [3.05, 3.63) is 83.6 Å². The molecule has 1 aromatic heterocycles. The Morgan fingerprint density at radius 2 is 1.69 bits per heavy atom. The topological polar surface area (TPSA) is 97.8 Å². The molecule has 0 saturated heterocycles. The van der Waals surface area contributed by atoms with E-state index in [4.69, 9.17) is 9.47 Å². The zero-order valence-electron chi connectivity index (χ0n) is 17.7. The first kappa shape index (κ1) is 21.4. The monoisotopic (exact) mass is 432 g/mol. The van der Waals surface area contributed by atoms with E-state index in [0.29, 0.717) is 12.3 Å². The molecular formula is C25H24N2O5. The van der Waals surface area contributed by atoms with Crippen molar-refractivity contribution in [2.24, 2.45) is 0 Å².